The van der Waals surface area contributed by atoms with Crippen LogP contribution in [0, 0.1) is 6.92 Å². The highest BCUT2D eigenvalue weighted by Crippen LogP contribution is 2.23. The van der Waals surface area contributed by atoms with Crippen molar-refractivity contribution in [3.05, 3.63) is 58.0 Å². The fourth-order valence-electron chi connectivity index (χ4n) is 2.85. The average Bonchev–Trinajstić information content (AvgIpc) is 3.17. The van der Waals surface area contributed by atoms with Crippen LogP contribution < -0.4 is 0 Å². The molecule has 5 heteroatoms. The van der Waals surface area contributed by atoms with Crippen LogP contribution in [0.2, 0.25) is 0 Å². The van der Waals surface area contributed by atoms with Gasteiger partial charge in [-0.3, -0.25) is 0 Å². The summed E-state index contributed by atoms with van der Waals surface area (Å²) in [6.07, 6.45) is 3.22. The zero-order valence-corrected chi connectivity index (χ0v) is 13.2. The lowest BCUT2D eigenvalue weighted by Crippen LogP contribution is -2.05. The van der Waals surface area contributed by atoms with E-state index in [0.29, 0.717) is 22.6 Å². The number of methoxy groups -OCH3 is 1. The van der Waals surface area contributed by atoms with Crippen LogP contribution >= 0.6 is 0 Å². The molecule has 0 amide bonds. The molecule has 1 aliphatic carbocycles. The maximum absolute atomic E-state index is 12.1. The van der Waals surface area contributed by atoms with E-state index in [2.05, 4.69) is 4.74 Å². The zero-order chi connectivity index (χ0) is 16.4. The Kier molecular flexibility index (Phi) is 4.19. The summed E-state index contributed by atoms with van der Waals surface area (Å²) in [6.45, 7) is 1.64. The first-order valence-corrected chi connectivity index (χ1v) is 7.55. The first-order valence-electron chi connectivity index (χ1n) is 7.55. The number of esters is 2. The van der Waals surface area contributed by atoms with E-state index in [1.165, 1.54) is 24.3 Å². The van der Waals surface area contributed by atoms with Gasteiger partial charge in [0.25, 0.3) is 0 Å². The second-order valence-electron chi connectivity index (χ2n) is 5.59. The van der Waals surface area contributed by atoms with Crippen molar-refractivity contribution in [3.8, 4) is 0 Å². The van der Waals surface area contributed by atoms with E-state index >= 15 is 0 Å². The van der Waals surface area contributed by atoms with Crippen LogP contribution in [0.4, 0.5) is 0 Å². The van der Waals surface area contributed by atoms with Gasteiger partial charge in [0.1, 0.15) is 23.7 Å². The van der Waals surface area contributed by atoms with Crippen LogP contribution in [0.25, 0.3) is 0 Å². The highest BCUT2D eigenvalue weighted by atomic mass is 16.5. The smallest absolute Gasteiger partial charge is 0.341 e. The molecule has 120 valence electrons. The third-order valence-corrected chi connectivity index (χ3v) is 4.05. The van der Waals surface area contributed by atoms with Gasteiger partial charge in [-0.05, 0) is 55.5 Å². The Hall–Kier alpha value is -2.56. The lowest BCUT2D eigenvalue weighted by Gasteiger charge is -2.05. The molecule has 1 aromatic carbocycles. The molecule has 3 rings (SSSR count). The molecule has 0 fully saturated rings. The topological polar surface area (TPSA) is 65.7 Å². The molecule has 0 saturated heterocycles. The summed E-state index contributed by atoms with van der Waals surface area (Å²) >= 11 is 0. The minimum Gasteiger partial charge on any atom is -0.465 e. The number of benzene rings is 1. The van der Waals surface area contributed by atoms with E-state index in [4.69, 9.17) is 9.15 Å². The van der Waals surface area contributed by atoms with E-state index in [0.717, 1.165) is 19.3 Å². The van der Waals surface area contributed by atoms with Gasteiger partial charge in [0.05, 0.1) is 12.7 Å². The summed E-state index contributed by atoms with van der Waals surface area (Å²) in [5.74, 6) is -0.00587. The molecule has 1 aliphatic rings. The number of fused-ring (bicyclic) bond motifs is 1. The summed E-state index contributed by atoms with van der Waals surface area (Å²) in [6, 6.07) is 7.22. The van der Waals surface area contributed by atoms with Crippen LogP contribution in [-0.4, -0.2) is 19.0 Å². The molecule has 2 aromatic rings. The lowest BCUT2D eigenvalue weighted by atomic mass is 10.1. The van der Waals surface area contributed by atoms with E-state index in [9.17, 15) is 9.59 Å². The van der Waals surface area contributed by atoms with Crippen molar-refractivity contribution < 1.29 is 23.5 Å². The zero-order valence-electron chi connectivity index (χ0n) is 13.2. The van der Waals surface area contributed by atoms with E-state index < -0.39 is 11.9 Å². The quantitative estimate of drug-likeness (QED) is 0.811. The first kappa shape index (κ1) is 15.3. The molecule has 5 nitrogen and oxygen atoms in total. The van der Waals surface area contributed by atoms with Crippen LogP contribution in [0.1, 0.15) is 49.8 Å². The van der Waals surface area contributed by atoms with Crippen LogP contribution in [0.5, 0.6) is 0 Å². The van der Waals surface area contributed by atoms with Gasteiger partial charge in [-0.1, -0.05) is 6.07 Å². The SMILES string of the molecule is COC(=O)c1cc(COC(=O)c2ccc3c(c2)CCC3)oc1C. The van der Waals surface area contributed by atoms with Crippen molar-refractivity contribution in [1.82, 2.24) is 0 Å². The Morgan fingerprint density at radius 2 is 1.91 bits per heavy atom. The molecule has 0 atom stereocenters. The van der Waals surface area contributed by atoms with Gasteiger partial charge in [-0.2, -0.15) is 0 Å². The molecule has 0 bridgehead atoms. The van der Waals surface area contributed by atoms with Crippen molar-refractivity contribution in [1.29, 1.82) is 0 Å². The summed E-state index contributed by atoms with van der Waals surface area (Å²) in [5, 5.41) is 0. The van der Waals surface area contributed by atoms with Crippen molar-refractivity contribution in [2.75, 3.05) is 7.11 Å². The van der Waals surface area contributed by atoms with Gasteiger partial charge in [-0.25, -0.2) is 9.59 Å². The standard InChI is InChI=1S/C18H18O5/c1-11-16(18(20)21-2)9-15(23-11)10-22-17(19)14-7-6-12-4-3-5-13(12)8-14/h6-9H,3-5,10H2,1-2H3. The number of aryl methyl sites for hydroxylation is 3. The Bertz CT molecular complexity index is 757. The Balaban J connectivity index is 1.66. The molecular weight excluding hydrogens is 296 g/mol. The fraction of sp³-hybridized carbons (Fsp3) is 0.333. The number of carbonyl (C=O) groups excluding carboxylic acids is 2. The number of hydrogen-bond donors (Lipinski definition) is 0. The highest BCUT2D eigenvalue weighted by Gasteiger charge is 2.18. The van der Waals surface area contributed by atoms with Crippen LogP contribution in [-0.2, 0) is 28.9 Å². The summed E-state index contributed by atoms with van der Waals surface area (Å²) in [4.78, 5) is 23.7. The maximum atomic E-state index is 12.1. The first-order chi connectivity index (χ1) is 11.1. The van der Waals surface area contributed by atoms with Gasteiger partial charge in [0, 0.05) is 0 Å². The largest absolute Gasteiger partial charge is 0.465 e. The number of carbonyl (C=O) groups is 2. The third-order valence-electron chi connectivity index (χ3n) is 4.05. The molecule has 23 heavy (non-hydrogen) atoms. The maximum Gasteiger partial charge on any atom is 0.341 e. The molecule has 0 radical (unpaired) electrons. The Labute approximate surface area is 134 Å². The van der Waals surface area contributed by atoms with Crippen molar-refractivity contribution in [2.45, 2.75) is 32.8 Å². The summed E-state index contributed by atoms with van der Waals surface area (Å²) in [5.41, 5.74) is 3.42. The van der Waals surface area contributed by atoms with Crippen molar-refractivity contribution >= 4 is 11.9 Å². The predicted octanol–water partition coefficient (Wildman–Crippen LogP) is 3.22. The van der Waals surface area contributed by atoms with Gasteiger partial charge in [-0.15, -0.1) is 0 Å². The van der Waals surface area contributed by atoms with Crippen molar-refractivity contribution in [2.24, 2.45) is 0 Å². The van der Waals surface area contributed by atoms with Gasteiger partial charge in [0.15, 0.2) is 0 Å². The molecule has 0 aliphatic heterocycles. The highest BCUT2D eigenvalue weighted by molar-refractivity contribution is 5.91. The van der Waals surface area contributed by atoms with Gasteiger partial charge >= 0.3 is 11.9 Å². The Morgan fingerprint density at radius 3 is 2.70 bits per heavy atom. The van der Waals surface area contributed by atoms with Crippen LogP contribution in [0.15, 0.2) is 28.7 Å². The van der Waals surface area contributed by atoms with Crippen LogP contribution in [0.3, 0.4) is 0 Å². The van der Waals surface area contributed by atoms with Crippen molar-refractivity contribution in [3.63, 3.8) is 0 Å². The van der Waals surface area contributed by atoms with Gasteiger partial charge in [0.2, 0.25) is 0 Å². The molecule has 0 saturated carbocycles. The van der Waals surface area contributed by atoms with E-state index in [1.54, 1.807) is 13.0 Å². The fourth-order valence-corrected chi connectivity index (χ4v) is 2.85. The minimum atomic E-state index is -0.470. The average molecular weight is 314 g/mol. The normalized spacial score (nSPS) is 12.8. The number of furan rings is 1. The van der Waals surface area contributed by atoms with E-state index in [-0.39, 0.29) is 6.61 Å². The molecule has 1 heterocycles. The number of rotatable bonds is 4. The molecule has 0 unspecified atom stereocenters. The summed E-state index contributed by atoms with van der Waals surface area (Å²) < 4.78 is 15.4. The predicted molar refractivity (Wildman–Crippen MR) is 82.4 cm³/mol. The van der Waals surface area contributed by atoms with Gasteiger partial charge < -0.3 is 13.9 Å². The minimum absolute atomic E-state index is 0.0201. The van der Waals surface area contributed by atoms with E-state index in [1.807, 2.05) is 12.1 Å². The summed E-state index contributed by atoms with van der Waals surface area (Å²) in [7, 11) is 1.31. The number of hydrogen-bond acceptors (Lipinski definition) is 5. The Morgan fingerprint density at radius 1 is 1.13 bits per heavy atom. The monoisotopic (exact) mass is 314 g/mol. The molecule has 0 spiro atoms. The molecular formula is C18H18O5. The third kappa shape index (κ3) is 3.13. The second kappa shape index (κ2) is 6.28. The molecule has 0 N–H and O–H groups in total. The lowest BCUT2D eigenvalue weighted by molar-refractivity contribution is 0.0443. The molecule has 1 aromatic heterocycles. The number of ether oxygens (including phenoxy) is 2. The second-order valence-corrected chi connectivity index (χ2v) is 5.59.